The van der Waals surface area contributed by atoms with Crippen LogP contribution in [0.4, 0.5) is 0 Å². The van der Waals surface area contributed by atoms with Crippen LogP contribution in [0.2, 0.25) is 0 Å². The van der Waals surface area contributed by atoms with Gasteiger partial charge in [0.05, 0.1) is 0 Å². The van der Waals surface area contributed by atoms with Crippen LogP contribution in [0.5, 0.6) is 0 Å². The number of rotatable bonds is 1. The van der Waals surface area contributed by atoms with Gasteiger partial charge in [0.1, 0.15) is 10.3 Å². The van der Waals surface area contributed by atoms with Gasteiger partial charge in [0, 0.05) is 17.2 Å². The fourth-order valence-corrected chi connectivity index (χ4v) is 2.31. The van der Waals surface area contributed by atoms with E-state index in [1.807, 2.05) is 12.1 Å². The van der Waals surface area contributed by atoms with Crippen molar-refractivity contribution in [3.8, 4) is 0 Å². The number of pyridine rings is 1. The number of halogens is 1. The Bertz CT molecular complexity index is 340. The lowest BCUT2D eigenvalue weighted by Crippen LogP contribution is -1.68. The number of hydrogen-bond donors (Lipinski definition) is 0. The van der Waals surface area contributed by atoms with E-state index in [-0.39, 0.29) is 0 Å². The highest BCUT2D eigenvalue weighted by Gasteiger charge is 2.01. The molecule has 0 saturated heterocycles. The van der Waals surface area contributed by atoms with E-state index in [1.165, 1.54) is 11.3 Å². The van der Waals surface area contributed by atoms with Crippen LogP contribution in [0.25, 0.3) is 10.3 Å². The van der Waals surface area contributed by atoms with Crippen LogP contribution in [0.1, 0.15) is 0 Å². The predicted octanol–water partition coefficient (Wildman–Crippen LogP) is 2.94. The van der Waals surface area contributed by atoms with Gasteiger partial charge in [-0.2, -0.15) is 0 Å². The van der Waals surface area contributed by atoms with Gasteiger partial charge in [-0.25, -0.2) is 9.97 Å². The van der Waals surface area contributed by atoms with Crippen molar-refractivity contribution < 1.29 is 0 Å². The molecular formula is C6H3ClN2S2. The van der Waals surface area contributed by atoms with Gasteiger partial charge < -0.3 is 0 Å². The van der Waals surface area contributed by atoms with Gasteiger partial charge in [-0.05, 0) is 22.8 Å². The zero-order valence-electron chi connectivity index (χ0n) is 5.32. The van der Waals surface area contributed by atoms with Crippen molar-refractivity contribution in [3.63, 3.8) is 0 Å². The molecule has 0 atom stereocenters. The first-order valence-corrected chi connectivity index (χ1v) is 5.36. The molecule has 5 heteroatoms. The summed E-state index contributed by atoms with van der Waals surface area (Å²) in [7, 11) is 6.67. The third-order valence-electron chi connectivity index (χ3n) is 1.21. The zero-order chi connectivity index (χ0) is 7.68. The Morgan fingerprint density at radius 2 is 2.45 bits per heavy atom. The van der Waals surface area contributed by atoms with E-state index in [9.17, 15) is 0 Å². The molecule has 0 aromatic carbocycles. The average Bonchev–Trinajstić information content (AvgIpc) is 2.46. The lowest BCUT2D eigenvalue weighted by Gasteiger charge is -1.79. The van der Waals surface area contributed by atoms with Gasteiger partial charge in [0.25, 0.3) is 0 Å². The number of hydrogen-bond acceptors (Lipinski definition) is 4. The van der Waals surface area contributed by atoms with Crippen LogP contribution in [0, 0.1) is 0 Å². The second-order valence-corrected chi connectivity index (χ2v) is 4.12. The molecule has 0 unspecified atom stereocenters. The molecule has 0 amide bonds. The molecule has 0 bridgehead atoms. The molecule has 0 spiro atoms. The quantitative estimate of drug-likeness (QED) is 0.711. The molecule has 2 aromatic rings. The number of nitrogens with zero attached hydrogens (tertiary/aromatic N) is 2. The number of fused-ring (bicyclic) bond motifs is 1. The summed E-state index contributed by atoms with van der Waals surface area (Å²) in [5.41, 5.74) is 0.917. The maximum Gasteiger partial charge on any atom is 0.168 e. The standard InChI is InChI=1S/C6H3ClN2S2/c7-11-6-9-4-2-1-3-8-5(4)10-6/h1-3H. The first kappa shape index (κ1) is 7.34. The maximum atomic E-state index is 5.54. The van der Waals surface area contributed by atoms with Gasteiger partial charge in [-0.3, -0.25) is 0 Å². The third kappa shape index (κ3) is 1.34. The van der Waals surface area contributed by atoms with Crippen molar-refractivity contribution in [2.75, 3.05) is 0 Å². The summed E-state index contributed by atoms with van der Waals surface area (Å²) in [6.45, 7) is 0. The van der Waals surface area contributed by atoms with Crippen LogP contribution in [0.15, 0.2) is 22.7 Å². The molecule has 0 saturated carbocycles. The lowest BCUT2D eigenvalue weighted by molar-refractivity contribution is 1.30. The highest BCUT2D eigenvalue weighted by Crippen LogP contribution is 2.29. The Morgan fingerprint density at radius 3 is 3.18 bits per heavy atom. The van der Waals surface area contributed by atoms with Crippen molar-refractivity contribution in [1.29, 1.82) is 0 Å². The molecule has 11 heavy (non-hydrogen) atoms. The van der Waals surface area contributed by atoms with Crippen molar-refractivity contribution in [2.24, 2.45) is 0 Å². The van der Waals surface area contributed by atoms with E-state index >= 15 is 0 Å². The minimum absolute atomic E-state index is 0.848. The van der Waals surface area contributed by atoms with Crippen molar-refractivity contribution in [3.05, 3.63) is 18.3 Å². The number of thiazole rings is 1. The van der Waals surface area contributed by atoms with E-state index in [0.29, 0.717) is 0 Å². The highest BCUT2D eigenvalue weighted by atomic mass is 35.7. The summed E-state index contributed by atoms with van der Waals surface area (Å²) in [6, 6.07) is 3.79. The summed E-state index contributed by atoms with van der Waals surface area (Å²) >= 11 is 1.51. The van der Waals surface area contributed by atoms with Crippen molar-refractivity contribution in [2.45, 2.75) is 4.34 Å². The van der Waals surface area contributed by atoms with Gasteiger partial charge in [0.2, 0.25) is 0 Å². The second kappa shape index (κ2) is 2.97. The van der Waals surface area contributed by atoms with Gasteiger partial charge in [-0.1, -0.05) is 11.3 Å². The topological polar surface area (TPSA) is 25.8 Å². The largest absolute Gasteiger partial charge is 0.244 e. The van der Waals surface area contributed by atoms with E-state index in [1.54, 1.807) is 6.20 Å². The molecule has 0 fully saturated rings. The smallest absolute Gasteiger partial charge is 0.168 e. The van der Waals surface area contributed by atoms with E-state index < -0.39 is 0 Å². The fraction of sp³-hybridized carbons (Fsp3) is 0. The van der Waals surface area contributed by atoms with Crippen molar-refractivity contribution >= 4 is 43.3 Å². The maximum absolute atomic E-state index is 5.54. The number of aromatic nitrogens is 2. The van der Waals surface area contributed by atoms with Gasteiger partial charge >= 0.3 is 0 Å². The molecule has 0 N–H and O–H groups in total. The Hall–Kier alpha value is -0.320. The van der Waals surface area contributed by atoms with Crippen LogP contribution in [-0.2, 0) is 0 Å². The molecule has 0 radical (unpaired) electrons. The molecule has 0 aliphatic heterocycles. The van der Waals surface area contributed by atoms with Crippen LogP contribution in [-0.4, -0.2) is 9.97 Å². The predicted molar refractivity (Wildman–Crippen MR) is 49.1 cm³/mol. The van der Waals surface area contributed by atoms with Crippen LogP contribution >= 0.6 is 33.0 Å². The van der Waals surface area contributed by atoms with E-state index in [4.69, 9.17) is 10.7 Å². The summed E-state index contributed by atoms with van der Waals surface area (Å²) in [6.07, 6.45) is 1.75. The highest BCUT2D eigenvalue weighted by molar-refractivity contribution is 8.22. The molecule has 2 aromatic heterocycles. The third-order valence-corrected chi connectivity index (χ3v) is 3.42. The van der Waals surface area contributed by atoms with Crippen LogP contribution in [0.3, 0.4) is 0 Å². The Labute approximate surface area is 76.1 Å². The summed E-state index contributed by atoms with van der Waals surface area (Å²) in [4.78, 5) is 9.29. The summed E-state index contributed by atoms with van der Waals surface area (Å²) < 4.78 is 0.848. The van der Waals surface area contributed by atoms with E-state index in [0.717, 1.165) is 25.7 Å². The Morgan fingerprint density at radius 1 is 1.55 bits per heavy atom. The van der Waals surface area contributed by atoms with Crippen LogP contribution < -0.4 is 0 Å². The molecular weight excluding hydrogens is 200 g/mol. The first-order chi connectivity index (χ1) is 5.40. The second-order valence-electron chi connectivity index (χ2n) is 1.88. The first-order valence-electron chi connectivity index (χ1n) is 2.90. The minimum Gasteiger partial charge on any atom is -0.244 e. The SMILES string of the molecule is ClSc1nc2cccnc2s1. The monoisotopic (exact) mass is 202 g/mol. The molecule has 56 valence electrons. The molecule has 0 aliphatic carbocycles. The lowest BCUT2D eigenvalue weighted by atomic mass is 10.5. The van der Waals surface area contributed by atoms with Gasteiger partial charge in [0.15, 0.2) is 4.34 Å². The molecule has 2 nitrogen and oxygen atoms in total. The fourth-order valence-electron chi connectivity index (χ4n) is 0.783. The zero-order valence-corrected chi connectivity index (χ0v) is 7.71. The van der Waals surface area contributed by atoms with Crippen molar-refractivity contribution in [1.82, 2.24) is 9.97 Å². The summed E-state index contributed by atoms with van der Waals surface area (Å²) in [5.74, 6) is 0. The summed E-state index contributed by atoms with van der Waals surface area (Å²) in [5, 5.41) is 0. The minimum atomic E-state index is 0.848. The molecule has 2 rings (SSSR count). The molecule has 2 heterocycles. The average molecular weight is 203 g/mol. The Balaban J connectivity index is 2.69. The van der Waals surface area contributed by atoms with E-state index in [2.05, 4.69) is 9.97 Å². The molecule has 0 aliphatic rings. The van der Waals surface area contributed by atoms with Gasteiger partial charge in [-0.15, -0.1) is 0 Å². The normalized spacial score (nSPS) is 10.6. The Kier molecular flexibility index (Phi) is 1.98.